The summed E-state index contributed by atoms with van der Waals surface area (Å²) in [5, 5.41) is 6.96. The fourth-order valence-corrected chi connectivity index (χ4v) is 2.44. The zero-order chi connectivity index (χ0) is 10.0. The third kappa shape index (κ3) is 3.06. The van der Waals surface area contributed by atoms with Gasteiger partial charge < -0.3 is 10.1 Å². The molecule has 15 heavy (non-hydrogen) atoms. The first-order chi connectivity index (χ1) is 6.71. The van der Waals surface area contributed by atoms with Gasteiger partial charge in [-0.1, -0.05) is 6.92 Å². The number of halogens is 1. The molecule has 3 nitrogen and oxygen atoms in total. The summed E-state index contributed by atoms with van der Waals surface area (Å²) in [6.45, 7) is 8.74. The second kappa shape index (κ2) is 5.48. The van der Waals surface area contributed by atoms with E-state index in [1.807, 2.05) is 0 Å². The van der Waals surface area contributed by atoms with Crippen molar-refractivity contribution in [2.45, 2.75) is 32.4 Å². The van der Waals surface area contributed by atoms with E-state index in [4.69, 9.17) is 4.74 Å². The van der Waals surface area contributed by atoms with Crippen molar-refractivity contribution < 1.29 is 4.74 Å². The summed E-state index contributed by atoms with van der Waals surface area (Å²) >= 11 is 0. The zero-order valence-corrected chi connectivity index (χ0v) is 10.5. The molecule has 0 aromatic heterocycles. The van der Waals surface area contributed by atoms with Gasteiger partial charge in [-0.2, -0.15) is 0 Å². The average Bonchev–Trinajstić information content (AvgIpc) is 2.24. The molecule has 0 aromatic carbocycles. The molecule has 2 heterocycles. The molecule has 2 unspecified atom stereocenters. The molecule has 0 saturated carbocycles. The van der Waals surface area contributed by atoms with Crippen molar-refractivity contribution in [3.8, 4) is 0 Å². The minimum absolute atomic E-state index is 0. The van der Waals surface area contributed by atoms with Gasteiger partial charge in [-0.05, 0) is 38.8 Å². The van der Waals surface area contributed by atoms with Crippen molar-refractivity contribution in [1.29, 1.82) is 0 Å². The normalized spacial score (nSPS) is 38.4. The lowest BCUT2D eigenvalue weighted by molar-refractivity contribution is -0.141. The van der Waals surface area contributed by atoms with Crippen molar-refractivity contribution in [1.82, 2.24) is 10.6 Å². The number of rotatable bonds is 1. The van der Waals surface area contributed by atoms with E-state index < -0.39 is 0 Å². The lowest BCUT2D eigenvalue weighted by atomic mass is 9.86. The Kier molecular flexibility index (Phi) is 4.84. The largest absolute Gasteiger partial charge is 0.360 e. The lowest BCUT2D eigenvalue weighted by Gasteiger charge is -2.44. The van der Waals surface area contributed by atoms with Crippen molar-refractivity contribution in [2.24, 2.45) is 11.8 Å². The van der Waals surface area contributed by atoms with Crippen LogP contribution in [0.3, 0.4) is 0 Å². The Bertz CT molecular complexity index is 187. The maximum Gasteiger partial charge on any atom is 0.119 e. The van der Waals surface area contributed by atoms with Gasteiger partial charge in [-0.3, -0.25) is 5.32 Å². The predicted molar refractivity (Wildman–Crippen MR) is 64.4 cm³/mol. The Morgan fingerprint density at radius 2 is 1.93 bits per heavy atom. The van der Waals surface area contributed by atoms with E-state index in [9.17, 15) is 0 Å². The van der Waals surface area contributed by atoms with Crippen LogP contribution < -0.4 is 10.6 Å². The van der Waals surface area contributed by atoms with E-state index in [0.29, 0.717) is 11.8 Å². The lowest BCUT2D eigenvalue weighted by Crippen LogP contribution is -2.58. The monoisotopic (exact) mass is 234 g/mol. The van der Waals surface area contributed by atoms with E-state index >= 15 is 0 Å². The van der Waals surface area contributed by atoms with Gasteiger partial charge in [-0.25, -0.2) is 0 Å². The first-order valence-corrected chi connectivity index (χ1v) is 5.80. The molecule has 2 aliphatic rings. The first-order valence-electron chi connectivity index (χ1n) is 5.80. The molecule has 2 rings (SSSR count). The highest BCUT2D eigenvalue weighted by molar-refractivity contribution is 5.85. The van der Waals surface area contributed by atoms with Crippen LogP contribution in [-0.2, 0) is 4.74 Å². The number of hydrogen-bond donors (Lipinski definition) is 2. The molecular weight excluding hydrogens is 212 g/mol. The highest BCUT2D eigenvalue weighted by atomic mass is 35.5. The fourth-order valence-electron chi connectivity index (χ4n) is 2.44. The van der Waals surface area contributed by atoms with Gasteiger partial charge in [0.15, 0.2) is 0 Å². The average molecular weight is 235 g/mol. The van der Waals surface area contributed by atoms with E-state index in [-0.39, 0.29) is 18.1 Å². The van der Waals surface area contributed by atoms with Crippen LogP contribution in [0.5, 0.6) is 0 Å². The standard InChI is InChI=1S/C11H22N2O.ClH/c1-9-7-13-11(2,14-8-9)10-3-5-12-6-4-10;/h9-10,12-13H,3-8H2,1-2H3;1H. The second-order valence-electron chi connectivity index (χ2n) is 4.93. The molecule has 2 saturated heterocycles. The van der Waals surface area contributed by atoms with Crippen LogP contribution in [0.15, 0.2) is 0 Å². The molecule has 2 N–H and O–H groups in total. The summed E-state index contributed by atoms with van der Waals surface area (Å²) in [6, 6.07) is 0. The molecule has 0 spiro atoms. The van der Waals surface area contributed by atoms with Gasteiger partial charge in [0.1, 0.15) is 5.72 Å². The second-order valence-corrected chi connectivity index (χ2v) is 4.93. The molecule has 0 bridgehead atoms. The molecule has 90 valence electrons. The minimum atomic E-state index is -0.0609. The Morgan fingerprint density at radius 3 is 2.47 bits per heavy atom. The van der Waals surface area contributed by atoms with Gasteiger partial charge in [0.25, 0.3) is 0 Å². The van der Waals surface area contributed by atoms with Crippen LogP contribution in [0.2, 0.25) is 0 Å². The molecule has 0 amide bonds. The molecule has 0 aliphatic carbocycles. The quantitative estimate of drug-likeness (QED) is 0.719. The van der Waals surface area contributed by atoms with E-state index in [1.54, 1.807) is 0 Å². The van der Waals surface area contributed by atoms with E-state index in [2.05, 4.69) is 24.5 Å². The van der Waals surface area contributed by atoms with Gasteiger partial charge in [0.2, 0.25) is 0 Å². The topological polar surface area (TPSA) is 33.3 Å². The van der Waals surface area contributed by atoms with Crippen molar-refractivity contribution >= 4 is 12.4 Å². The number of nitrogens with one attached hydrogen (secondary N) is 2. The Balaban J connectivity index is 0.00000112. The Hall–Kier alpha value is 0.170. The molecule has 2 fully saturated rings. The van der Waals surface area contributed by atoms with Gasteiger partial charge >= 0.3 is 0 Å². The third-order valence-electron chi connectivity index (χ3n) is 3.59. The first kappa shape index (κ1) is 13.2. The SMILES string of the molecule is CC1CNC(C)(C2CCNCC2)OC1.Cl. The third-order valence-corrected chi connectivity index (χ3v) is 3.59. The molecule has 0 radical (unpaired) electrons. The van der Waals surface area contributed by atoms with Crippen LogP contribution in [0.25, 0.3) is 0 Å². The smallest absolute Gasteiger partial charge is 0.119 e. The molecule has 0 aromatic rings. The predicted octanol–water partition coefficient (Wildman–Crippen LogP) is 1.38. The van der Waals surface area contributed by atoms with Gasteiger partial charge in [0, 0.05) is 12.5 Å². The highest BCUT2D eigenvalue weighted by Crippen LogP contribution is 2.29. The zero-order valence-electron chi connectivity index (χ0n) is 9.71. The van der Waals surface area contributed by atoms with Crippen molar-refractivity contribution in [3.05, 3.63) is 0 Å². The van der Waals surface area contributed by atoms with Crippen LogP contribution >= 0.6 is 12.4 Å². The van der Waals surface area contributed by atoms with Crippen molar-refractivity contribution in [2.75, 3.05) is 26.2 Å². The summed E-state index contributed by atoms with van der Waals surface area (Å²) in [5.74, 6) is 1.33. The Labute approximate surface area is 98.7 Å². The van der Waals surface area contributed by atoms with Crippen LogP contribution in [0, 0.1) is 11.8 Å². The highest BCUT2D eigenvalue weighted by Gasteiger charge is 2.38. The molecule has 2 atom stereocenters. The molecular formula is C11H23ClN2O. The fraction of sp³-hybridized carbons (Fsp3) is 1.00. The summed E-state index contributed by atoms with van der Waals surface area (Å²) in [5.41, 5.74) is -0.0609. The van der Waals surface area contributed by atoms with Crippen LogP contribution in [0.1, 0.15) is 26.7 Å². The maximum atomic E-state index is 5.98. The molecule has 2 aliphatic heterocycles. The summed E-state index contributed by atoms with van der Waals surface area (Å²) in [7, 11) is 0. The summed E-state index contributed by atoms with van der Waals surface area (Å²) < 4.78 is 5.98. The summed E-state index contributed by atoms with van der Waals surface area (Å²) in [4.78, 5) is 0. The van der Waals surface area contributed by atoms with Crippen LogP contribution in [0.4, 0.5) is 0 Å². The number of ether oxygens (including phenoxy) is 1. The van der Waals surface area contributed by atoms with E-state index in [1.165, 1.54) is 12.8 Å². The Morgan fingerprint density at radius 1 is 1.27 bits per heavy atom. The van der Waals surface area contributed by atoms with Crippen molar-refractivity contribution in [3.63, 3.8) is 0 Å². The van der Waals surface area contributed by atoms with Crippen LogP contribution in [-0.4, -0.2) is 32.0 Å². The minimum Gasteiger partial charge on any atom is -0.360 e. The number of piperidine rings is 1. The van der Waals surface area contributed by atoms with Gasteiger partial charge in [-0.15, -0.1) is 12.4 Å². The van der Waals surface area contributed by atoms with E-state index in [0.717, 1.165) is 26.2 Å². The maximum absolute atomic E-state index is 5.98. The van der Waals surface area contributed by atoms with Gasteiger partial charge in [0.05, 0.1) is 6.61 Å². The number of hydrogen-bond acceptors (Lipinski definition) is 3. The molecule has 4 heteroatoms. The summed E-state index contributed by atoms with van der Waals surface area (Å²) in [6.07, 6.45) is 2.47.